The molecule has 0 saturated carbocycles. The Hall–Kier alpha value is -3.03. The van der Waals surface area contributed by atoms with E-state index in [4.69, 9.17) is 9.72 Å². The van der Waals surface area contributed by atoms with Gasteiger partial charge in [0, 0.05) is 55.3 Å². The molecule has 3 aromatic rings. The number of H-pyrrole nitrogens is 1. The summed E-state index contributed by atoms with van der Waals surface area (Å²) in [4.78, 5) is 21.5. The van der Waals surface area contributed by atoms with Crippen molar-refractivity contribution in [1.29, 1.82) is 0 Å². The zero-order valence-electron chi connectivity index (χ0n) is 18.3. The first-order chi connectivity index (χ1) is 15.7. The topological polar surface area (TPSA) is 74.4 Å². The van der Waals surface area contributed by atoms with Crippen LogP contribution in [-0.2, 0) is 16.1 Å². The van der Waals surface area contributed by atoms with Gasteiger partial charge in [0.05, 0.1) is 30.6 Å². The van der Waals surface area contributed by atoms with Crippen LogP contribution in [-0.4, -0.2) is 70.3 Å². The normalized spacial score (nSPS) is 19.9. The average Bonchev–Trinajstić information content (AvgIpc) is 3.33. The summed E-state index contributed by atoms with van der Waals surface area (Å²) in [6.45, 7) is 9.61. The number of carbonyl (C=O) groups excluding carboxylic acids is 1. The predicted octanol–water partition coefficient (Wildman–Crippen LogP) is 3.35. The molecule has 1 atom stereocenters. The number of hydrogen-bond acceptors (Lipinski definition) is 5. The number of hydrogen-bond donors (Lipinski definition) is 1. The molecule has 1 unspecified atom stereocenters. The molecule has 0 aliphatic carbocycles. The highest BCUT2D eigenvalue weighted by Gasteiger charge is 2.25. The van der Waals surface area contributed by atoms with Gasteiger partial charge in [-0.2, -0.15) is 5.10 Å². The highest BCUT2D eigenvalue weighted by atomic mass is 16.5. The quantitative estimate of drug-likeness (QED) is 0.627. The van der Waals surface area contributed by atoms with Crippen molar-refractivity contribution in [1.82, 2.24) is 25.0 Å². The molecule has 2 aliphatic heterocycles. The molecule has 4 heterocycles. The highest BCUT2D eigenvalue weighted by molar-refractivity contribution is 5.91. The van der Waals surface area contributed by atoms with E-state index in [2.05, 4.69) is 52.0 Å². The van der Waals surface area contributed by atoms with Crippen LogP contribution in [0.25, 0.3) is 22.2 Å². The van der Waals surface area contributed by atoms with Crippen LogP contribution >= 0.6 is 0 Å². The Labute approximate surface area is 188 Å². The molecule has 0 spiro atoms. The van der Waals surface area contributed by atoms with Crippen molar-refractivity contribution in [3.05, 3.63) is 60.4 Å². The number of aromatic nitrogens is 3. The molecule has 32 heavy (non-hydrogen) atoms. The SMILES string of the molecule is C=CC(=O)N1CCCC(c2cc3cn[nH]c3c(-c3ccc(CN4CCOCC4)cc3)n2)C1. The number of ether oxygens (including phenoxy) is 1. The minimum absolute atomic E-state index is 0.00447. The second-order valence-electron chi connectivity index (χ2n) is 8.64. The maximum atomic E-state index is 12.1. The molecule has 2 aliphatic rings. The molecule has 166 valence electrons. The third-order valence-corrected chi connectivity index (χ3v) is 6.51. The number of rotatable bonds is 5. The van der Waals surface area contributed by atoms with Crippen molar-refractivity contribution in [2.75, 3.05) is 39.4 Å². The van der Waals surface area contributed by atoms with Crippen LogP contribution in [0.15, 0.2) is 49.2 Å². The van der Waals surface area contributed by atoms with E-state index in [9.17, 15) is 4.79 Å². The second-order valence-corrected chi connectivity index (χ2v) is 8.64. The second kappa shape index (κ2) is 9.22. The van der Waals surface area contributed by atoms with Crippen molar-refractivity contribution >= 4 is 16.8 Å². The predicted molar refractivity (Wildman–Crippen MR) is 124 cm³/mol. The van der Waals surface area contributed by atoms with Crippen LogP contribution in [0, 0.1) is 0 Å². The van der Waals surface area contributed by atoms with E-state index in [1.165, 1.54) is 11.6 Å². The first-order valence-corrected chi connectivity index (χ1v) is 11.4. The third-order valence-electron chi connectivity index (χ3n) is 6.51. The lowest BCUT2D eigenvalue weighted by molar-refractivity contribution is -0.127. The molecule has 7 heteroatoms. The monoisotopic (exact) mass is 431 g/mol. The fourth-order valence-corrected chi connectivity index (χ4v) is 4.72. The summed E-state index contributed by atoms with van der Waals surface area (Å²) in [5, 5.41) is 8.44. The zero-order valence-corrected chi connectivity index (χ0v) is 18.3. The Kier molecular flexibility index (Phi) is 6.01. The molecule has 0 bridgehead atoms. The number of nitrogens with zero attached hydrogens (tertiary/aromatic N) is 4. The molecule has 2 saturated heterocycles. The lowest BCUT2D eigenvalue weighted by Crippen LogP contribution is -2.38. The van der Waals surface area contributed by atoms with Gasteiger partial charge in [-0.25, -0.2) is 0 Å². The van der Waals surface area contributed by atoms with Gasteiger partial charge in [0.25, 0.3) is 0 Å². The maximum Gasteiger partial charge on any atom is 0.245 e. The maximum absolute atomic E-state index is 12.1. The Bertz CT molecular complexity index is 1100. The van der Waals surface area contributed by atoms with E-state index < -0.39 is 0 Å². The van der Waals surface area contributed by atoms with Gasteiger partial charge >= 0.3 is 0 Å². The van der Waals surface area contributed by atoms with Crippen LogP contribution in [0.2, 0.25) is 0 Å². The largest absolute Gasteiger partial charge is 0.379 e. The molecular weight excluding hydrogens is 402 g/mol. The van der Waals surface area contributed by atoms with Crippen molar-refractivity contribution in [2.45, 2.75) is 25.3 Å². The lowest BCUT2D eigenvalue weighted by Gasteiger charge is -2.32. The van der Waals surface area contributed by atoms with Crippen LogP contribution in [0.4, 0.5) is 0 Å². The number of likely N-dealkylation sites (tertiary alicyclic amines) is 1. The number of benzene rings is 1. The van der Waals surface area contributed by atoms with Crippen molar-refractivity contribution in [2.24, 2.45) is 0 Å². The number of pyridine rings is 1. The van der Waals surface area contributed by atoms with Crippen LogP contribution in [0.3, 0.4) is 0 Å². The number of piperidine rings is 1. The van der Waals surface area contributed by atoms with Crippen molar-refractivity contribution < 1.29 is 9.53 Å². The van der Waals surface area contributed by atoms with Gasteiger partial charge in [-0.3, -0.25) is 19.8 Å². The summed E-state index contributed by atoms with van der Waals surface area (Å²) in [6, 6.07) is 10.8. The Balaban J connectivity index is 1.42. The summed E-state index contributed by atoms with van der Waals surface area (Å²) in [5.74, 6) is 0.210. The minimum atomic E-state index is -0.00447. The van der Waals surface area contributed by atoms with Crippen LogP contribution < -0.4 is 0 Å². The molecule has 2 fully saturated rings. The molecule has 1 aromatic carbocycles. The zero-order chi connectivity index (χ0) is 21.9. The number of aromatic amines is 1. The smallest absolute Gasteiger partial charge is 0.245 e. The van der Waals surface area contributed by atoms with Crippen molar-refractivity contribution in [3.63, 3.8) is 0 Å². The molecule has 2 aromatic heterocycles. The standard InChI is InChI=1S/C25H29N5O2/c1-2-23(31)30-9-3-4-20(17-30)22-14-21-15-26-28-25(21)24(27-22)19-7-5-18(6-8-19)16-29-10-12-32-13-11-29/h2,5-8,14-15,20H,1,3-4,9-13,16-17H2,(H,26,28). The molecule has 1 amide bonds. The molecule has 1 N–H and O–H groups in total. The Morgan fingerprint density at radius 3 is 2.81 bits per heavy atom. The average molecular weight is 432 g/mol. The number of morpholine rings is 1. The summed E-state index contributed by atoms with van der Waals surface area (Å²) in [7, 11) is 0. The Morgan fingerprint density at radius 2 is 2.03 bits per heavy atom. The third kappa shape index (κ3) is 4.31. The van der Waals surface area contributed by atoms with Crippen molar-refractivity contribution in [3.8, 4) is 11.3 Å². The Morgan fingerprint density at radius 1 is 1.22 bits per heavy atom. The highest BCUT2D eigenvalue weighted by Crippen LogP contribution is 2.32. The van der Waals surface area contributed by atoms with Gasteiger partial charge in [0.2, 0.25) is 5.91 Å². The first kappa shape index (κ1) is 20.8. The van der Waals surface area contributed by atoms with Gasteiger partial charge in [0.1, 0.15) is 0 Å². The summed E-state index contributed by atoms with van der Waals surface area (Å²) in [6.07, 6.45) is 5.25. The van der Waals surface area contributed by atoms with Gasteiger partial charge in [0.15, 0.2) is 0 Å². The number of amides is 1. The van der Waals surface area contributed by atoms with E-state index in [1.54, 1.807) is 0 Å². The summed E-state index contributed by atoms with van der Waals surface area (Å²) < 4.78 is 5.45. The van der Waals surface area contributed by atoms with E-state index in [0.717, 1.165) is 80.1 Å². The number of carbonyl (C=O) groups is 1. The van der Waals surface area contributed by atoms with E-state index in [1.807, 2.05) is 11.1 Å². The fraction of sp³-hybridized carbons (Fsp3) is 0.400. The summed E-state index contributed by atoms with van der Waals surface area (Å²) >= 11 is 0. The molecule has 7 nitrogen and oxygen atoms in total. The van der Waals surface area contributed by atoms with Crippen LogP contribution in [0.1, 0.15) is 30.0 Å². The number of nitrogens with one attached hydrogen (secondary N) is 1. The van der Waals surface area contributed by atoms with Crippen LogP contribution in [0.5, 0.6) is 0 Å². The van der Waals surface area contributed by atoms with Gasteiger partial charge in [-0.1, -0.05) is 30.8 Å². The summed E-state index contributed by atoms with van der Waals surface area (Å²) in [5.41, 5.74) is 5.25. The van der Waals surface area contributed by atoms with Gasteiger partial charge in [-0.15, -0.1) is 0 Å². The van der Waals surface area contributed by atoms with Gasteiger partial charge < -0.3 is 9.64 Å². The molecular formula is C25H29N5O2. The number of fused-ring (bicyclic) bond motifs is 1. The van der Waals surface area contributed by atoms with E-state index in [0.29, 0.717) is 6.54 Å². The first-order valence-electron chi connectivity index (χ1n) is 11.4. The fourth-order valence-electron chi connectivity index (χ4n) is 4.72. The van der Waals surface area contributed by atoms with Gasteiger partial charge in [-0.05, 0) is 30.5 Å². The molecule has 5 rings (SSSR count). The van der Waals surface area contributed by atoms with E-state index >= 15 is 0 Å². The minimum Gasteiger partial charge on any atom is -0.379 e. The lowest BCUT2D eigenvalue weighted by atomic mass is 9.93. The van der Waals surface area contributed by atoms with E-state index in [-0.39, 0.29) is 11.8 Å². The molecule has 0 radical (unpaired) electrons.